The fourth-order valence-corrected chi connectivity index (χ4v) is 13.8. The van der Waals surface area contributed by atoms with Gasteiger partial charge in [0, 0.05) is 36.3 Å². The predicted molar refractivity (Wildman–Crippen MR) is 218 cm³/mol. The number of allylic oxidation sites excluding steroid dienone is 1. The smallest absolute Gasteiger partial charge is 0.306 e. The first-order valence-corrected chi connectivity index (χ1v) is 22.4. The number of hydrogen-bond donors (Lipinski definition) is 0. The number of esters is 1. The van der Waals surface area contributed by atoms with Crippen molar-refractivity contribution in [3.63, 3.8) is 0 Å². The molecule has 1 amide bonds. The van der Waals surface area contributed by atoms with Gasteiger partial charge in [-0.05, 0) is 85.4 Å². The Labute approximate surface area is 352 Å². The summed E-state index contributed by atoms with van der Waals surface area (Å²) in [4.78, 5) is 28.7. The first-order chi connectivity index (χ1) is 27.0. The fourth-order valence-electron chi connectivity index (χ4n) is 13.8. The monoisotopic (exact) mass is 842 g/mol. The highest BCUT2D eigenvalue weighted by Gasteiger charge is 2.68. The molecule has 3 saturated carbocycles. The molecule has 8 heteroatoms. The molecule has 6 fully saturated rings. The number of benzene rings is 2. The van der Waals surface area contributed by atoms with E-state index in [0.29, 0.717) is 60.1 Å². The van der Waals surface area contributed by atoms with Crippen LogP contribution in [0.2, 0.25) is 0 Å². The average Bonchev–Trinajstić information content (AvgIpc) is 3.65. The lowest BCUT2D eigenvalue weighted by Crippen LogP contribution is -3.00. The molecular weight excluding hydrogens is 776 g/mol. The number of amides is 1. The lowest BCUT2D eigenvalue weighted by molar-refractivity contribution is -0.956. The van der Waals surface area contributed by atoms with E-state index in [2.05, 4.69) is 94.4 Å². The summed E-state index contributed by atoms with van der Waals surface area (Å²) in [6, 6.07) is 21.4. The second-order valence-corrected chi connectivity index (χ2v) is 20.1. The number of hydrogen-bond acceptors (Lipinski definition) is 5. The van der Waals surface area contributed by atoms with Gasteiger partial charge >= 0.3 is 5.97 Å². The molecule has 0 N–H and O–H groups in total. The van der Waals surface area contributed by atoms with Crippen LogP contribution in [0.15, 0.2) is 72.3 Å². The third kappa shape index (κ3) is 7.61. The maximum Gasteiger partial charge on any atom is 0.306 e. The van der Waals surface area contributed by atoms with Gasteiger partial charge in [0.1, 0.15) is 19.2 Å². The highest BCUT2D eigenvalue weighted by Crippen LogP contribution is 2.70. The predicted octanol–water partition coefficient (Wildman–Crippen LogP) is 6.11. The van der Waals surface area contributed by atoms with Crippen LogP contribution in [0.25, 0.3) is 0 Å². The van der Waals surface area contributed by atoms with Crippen LogP contribution in [0.5, 0.6) is 0 Å². The number of halogens is 1. The summed E-state index contributed by atoms with van der Waals surface area (Å²) in [6.07, 6.45) is 13.2. The Morgan fingerprint density at radius 3 is 2.19 bits per heavy atom. The van der Waals surface area contributed by atoms with Gasteiger partial charge in [-0.15, -0.1) is 0 Å². The third-order valence-corrected chi connectivity index (χ3v) is 16.9. The van der Waals surface area contributed by atoms with Crippen molar-refractivity contribution in [1.29, 1.82) is 0 Å². The van der Waals surface area contributed by atoms with Crippen molar-refractivity contribution in [3.8, 4) is 0 Å². The fraction of sp³-hybridized carbons (Fsp3) is 0.673. The lowest BCUT2D eigenvalue weighted by atomic mass is 9.47. The normalized spacial score (nSPS) is 39.2. The van der Waals surface area contributed by atoms with E-state index in [1.807, 2.05) is 4.90 Å². The topological polar surface area (TPSA) is 65.1 Å². The summed E-state index contributed by atoms with van der Waals surface area (Å²) in [5.41, 5.74) is 4.68. The Morgan fingerprint density at radius 1 is 0.860 bits per heavy atom. The first kappa shape index (κ1) is 41.2. The van der Waals surface area contributed by atoms with Crippen molar-refractivity contribution >= 4 is 11.9 Å². The molecule has 3 saturated heterocycles. The number of carbonyl (C=O) groups excluding carboxylic acids is 2. The number of piperazine rings is 1. The number of fused-ring (bicyclic) bond motifs is 7. The van der Waals surface area contributed by atoms with Crippen molar-refractivity contribution < 1.29 is 45.3 Å². The van der Waals surface area contributed by atoms with Crippen LogP contribution in [0.4, 0.5) is 0 Å². The minimum atomic E-state index is -0.354. The van der Waals surface area contributed by atoms with Crippen LogP contribution in [0.3, 0.4) is 0 Å². The maximum absolute atomic E-state index is 13.4. The number of rotatable bonds is 8. The van der Waals surface area contributed by atoms with Crippen molar-refractivity contribution in [2.24, 2.45) is 46.3 Å². The van der Waals surface area contributed by atoms with E-state index in [1.165, 1.54) is 42.4 Å². The molecule has 1 spiro atoms. The molecule has 0 unspecified atom stereocenters. The highest BCUT2D eigenvalue weighted by molar-refractivity contribution is 5.81. The molecule has 7 aliphatic rings. The number of nitrogens with zero attached hydrogens (tertiary/aromatic N) is 2. The van der Waals surface area contributed by atoms with Gasteiger partial charge in [-0.2, -0.15) is 0 Å². The van der Waals surface area contributed by atoms with Crippen LogP contribution in [-0.4, -0.2) is 72.0 Å². The molecule has 11 atom stereocenters. The quantitative estimate of drug-likeness (QED) is 0.183. The van der Waals surface area contributed by atoms with E-state index < -0.39 is 0 Å². The standard InChI is InChI=1S/C49H67N2O5.BrH/c1-34-19-24-49(54-33-34)35(2)46-43(56-49)30-42-40-16-15-38-29-39(20-22-47(38,3)41(40)21-23-48(42,46)4)55-45(53)18-17-44(52)50-25-27-51(28-26-50,31-36-11-7-5-8-12-36)32-37-13-9-6-10-14-37;/h5-15,34-35,39-43,46H,16-33H2,1-4H3;1H/q+1;/p-1/t34-,35+,39+,40-,41+,42+,43+,46+,47+,48+,49-;/m1./s1. The van der Waals surface area contributed by atoms with Gasteiger partial charge in [0.05, 0.1) is 45.3 Å². The van der Waals surface area contributed by atoms with Gasteiger partial charge in [0.15, 0.2) is 5.79 Å². The van der Waals surface area contributed by atoms with Gasteiger partial charge in [-0.25, -0.2) is 0 Å². The van der Waals surface area contributed by atoms with E-state index in [9.17, 15) is 9.59 Å². The van der Waals surface area contributed by atoms with E-state index in [-0.39, 0.29) is 59.0 Å². The molecule has 9 rings (SSSR count). The van der Waals surface area contributed by atoms with E-state index in [4.69, 9.17) is 14.2 Å². The Hall–Kier alpha value is -2.52. The summed E-state index contributed by atoms with van der Waals surface area (Å²) in [5.74, 6) is 3.26. The molecule has 2 aromatic rings. The second kappa shape index (κ2) is 16.2. The lowest BCUT2D eigenvalue weighted by Gasteiger charge is -2.58. The zero-order valence-electron chi connectivity index (χ0n) is 35.0. The van der Waals surface area contributed by atoms with E-state index in [1.54, 1.807) is 0 Å². The summed E-state index contributed by atoms with van der Waals surface area (Å²) in [7, 11) is 0. The van der Waals surface area contributed by atoms with Crippen molar-refractivity contribution in [2.75, 3.05) is 32.8 Å². The number of carbonyl (C=O) groups is 2. The third-order valence-electron chi connectivity index (χ3n) is 16.9. The van der Waals surface area contributed by atoms with Crippen molar-refractivity contribution in [3.05, 3.63) is 83.4 Å². The molecule has 0 bridgehead atoms. The van der Waals surface area contributed by atoms with Crippen molar-refractivity contribution in [1.82, 2.24) is 4.90 Å². The Morgan fingerprint density at radius 2 is 1.54 bits per heavy atom. The zero-order valence-corrected chi connectivity index (χ0v) is 36.6. The molecule has 4 aliphatic carbocycles. The zero-order chi connectivity index (χ0) is 38.7. The minimum absolute atomic E-state index is 0. The van der Waals surface area contributed by atoms with Crippen LogP contribution in [0, 0.1) is 46.3 Å². The van der Waals surface area contributed by atoms with Gasteiger partial charge in [0.25, 0.3) is 0 Å². The molecule has 310 valence electrons. The molecule has 0 radical (unpaired) electrons. The molecular formula is C49H67BrN2O5. The number of ether oxygens (including phenoxy) is 3. The summed E-state index contributed by atoms with van der Waals surface area (Å²) < 4.78 is 20.6. The maximum atomic E-state index is 13.4. The van der Waals surface area contributed by atoms with E-state index >= 15 is 0 Å². The molecule has 3 aliphatic heterocycles. The van der Waals surface area contributed by atoms with Crippen LogP contribution < -0.4 is 17.0 Å². The number of quaternary nitrogens is 1. The summed E-state index contributed by atoms with van der Waals surface area (Å²) in [5, 5.41) is 0. The molecule has 0 aromatic heterocycles. The Bertz CT molecular complexity index is 1730. The highest BCUT2D eigenvalue weighted by atomic mass is 79.9. The first-order valence-electron chi connectivity index (χ1n) is 22.4. The average molecular weight is 844 g/mol. The Balaban J connectivity index is 0.00000455. The molecule has 2 aromatic carbocycles. The van der Waals surface area contributed by atoms with Crippen LogP contribution in [0.1, 0.15) is 109 Å². The van der Waals surface area contributed by atoms with Crippen LogP contribution in [-0.2, 0) is 36.9 Å². The molecule has 3 heterocycles. The molecule has 7 nitrogen and oxygen atoms in total. The van der Waals surface area contributed by atoms with Gasteiger partial charge in [0.2, 0.25) is 5.91 Å². The van der Waals surface area contributed by atoms with Gasteiger partial charge in [-0.1, -0.05) is 100 Å². The summed E-state index contributed by atoms with van der Waals surface area (Å²) in [6.45, 7) is 15.9. The SMILES string of the molecule is C[C@@H]1CC[C@@]2(OC1)O[C@H]1C[C@H]3[C@@H]4CC=C5C[C@@H](OC(=O)CCC(=O)N6CC[N+](Cc7ccccc7)(Cc7ccccc7)CC6)CC[C@]5(C)[C@H]4CC[C@]3(C)[C@H]1[C@@H]2C.[Br-]. The summed E-state index contributed by atoms with van der Waals surface area (Å²) >= 11 is 0. The minimum Gasteiger partial charge on any atom is -1.00 e. The van der Waals surface area contributed by atoms with Crippen LogP contribution >= 0.6 is 0 Å². The second-order valence-electron chi connectivity index (χ2n) is 20.1. The van der Waals surface area contributed by atoms with E-state index in [0.717, 1.165) is 69.4 Å². The molecule has 57 heavy (non-hydrogen) atoms. The van der Waals surface area contributed by atoms with Crippen molar-refractivity contribution in [2.45, 2.75) is 129 Å². The Kier molecular flexibility index (Phi) is 11.7. The van der Waals surface area contributed by atoms with Gasteiger partial charge in [-0.3, -0.25) is 9.59 Å². The largest absolute Gasteiger partial charge is 1.00 e. The van der Waals surface area contributed by atoms with Gasteiger partial charge < -0.3 is 40.6 Å².